The van der Waals surface area contributed by atoms with E-state index in [2.05, 4.69) is 98.5 Å². The Labute approximate surface area is 155 Å². The van der Waals surface area contributed by atoms with Crippen molar-refractivity contribution in [3.05, 3.63) is 101 Å². The summed E-state index contributed by atoms with van der Waals surface area (Å²) in [5, 5.41) is 0. The summed E-state index contributed by atoms with van der Waals surface area (Å²) in [7, 11) is 0. The van der Waals surface area contributed by atoms with E-state index in [9.17, 15) is 0 Å². The van der Waals surface area contributed by atoms with Gasteiger partial charge in [-0.25, -0.2) is 0 Å². The fourth-order valence-corrected chi connectivity index (χ4v) is 3.53. The van der Waals surface area contributed by atoms with Gasteiger partial charge in [-0.1, -0.05) is 77.4 Å². The van der Waals surface area contributed by atoms with E-state index in [0.29, 0.717) is 0 Å². The summed E-state index contributed by atoms with van der Waals surface area (Å²) in [6.45, 7) is 6.37. The molecule has 130 valence electrons. The molecule has 2 nitrogen and oxygen atoms in total. The van der Waals surface area contributed by atoms with Crippen LogP contribution in [0.15, 0.2) is 77.8 Å². The molecule has 0 radical (unpaired) electrons. The molecule has 0 saturated carbocycles. The molecule has 0 amide bonds. The van der Waals surface area contributed by atoms with E-state index in [-0.39, 0.29) is 12.1 Å². The summed E-state index contributed by atoms with van der Waals surface area (Å²) >= 11 is 0. The molecule has 2 atom stereocenters. The molecule has 26 heavy (non-hydrogen) atoms. The number of nitrogens with zero attached hydrogens (tertiary/aromatic N) is 2. The van der Waals surface area contributed by atoms with Crippen molar-refractivity contribution >= 4 is 12.0 Å². The van der Waals surface area contributed by atoms with Crippen molar-refractivity contribution in [3.8, 4) is 0 Å². The number of benzene rings is 3. The molecule has 3 aromatic rings. The molecular formula is C24H24N2. The summed E-state index contributed by atoms with van der Waals surface area (Å²) in [6, 6.07) is 26.5. The molecule has 0 aliphatic carbocycles. The predicted molar refractivity (Wildman–Crippen MR) is 110 cm³/mol. The van der Waals surface area contributed by atoms with Crippen LogP contribution in [0.1, 0.15) is 39.9 Å². The van der Waals surface area contributed by atoms with Crippen LogP contribution in [0.4, 0.5) is 5.69 Å². The van der Waals surface area contributed by atoms with Gasteiger partial charge in [-0.2, -0.15) is 0 Å². The van der Waals surface area contributed by atoms with E-state index in [1.165, 1.54) is 33.5 Å². The molecule has 0 N–H and O–H groups in total. The van der Waals surface area contributed by atoms with Crippen LogP contribution in [-0.4, -0.2) is 6.34 Å². The quantitative estimate of drug-likeness (QED) is 0.576. The number of aliphatic imine (C=N–C) groups is 1. The van der Waals surface area contributed by atoms with Crippen LogP contribution >= 0.6 is 0 Å². The van der Waals surface area contributed by atoms with E-state index in [1.807, 2.05) is 6.34 Å². The molecule has 2 heteroatoms. The number of rotatable bonds is 3. The Morgan fingerprint density at radius 3 is 1.62 bits per heavy atom. The van der Waals surface area contributed by atoms with Crippen LogP contribution in [0.2, 0.25) is 0 Å². The Morgan fingerprint density at radius 2 is 1.08 bits per heavy atom. The third kappa shape index (κ3) is 3.15. The minimum absolute atomic E-state index is 0.0969. The van der Waals surface area contributed by atoms with Crippen molar-refractivity contribution in [2.24, 2.45) is 4.99 Å². The van der Waals surface area contributed by atoms with Crippen LogP contribution in [0.25, 0.3) is 0 Å². The van der Waals surface area contributed by atoms with Gasteiger partial charge >= 0.3 is 0 Å². The third-order valence-electron chi connectivity index (χ3n) is 5.12. The highest BCUT2D eigenvalue weighted by molar-refractivity contribution is 5.83. The molecule has 0 aromatic heterocycles. The fourth-order valence-electron chi connectivity index (χ4n) is 3.53. The largest absolute Gasteiger partial charge is 0.323 e. The lowest BCUT2D eigenvalue weighted by atomic mass is 9.92. The minimum Gasteiger partial charge on any atom is -0.323 e. The maximum atomic E-state index is 4.90. The molecule has 0 unspecified atom stereocenters. The summed E-state index contributed by atoms with van der Waals surface area (Å²) in [4.78, 5) is 7.20. The smallest absolute Gasteiger partial charge is 0.102 e. The molecule has 1 heterocycles. The molecule has 0 saturated heterocycles. The van der Waals surface area contributed by atoms with Gasteiger partial charge in [-0.3, -0.25) is 4.99 Å². The summed E-state index contributed by atoms with van der Waals surface area (Å²) in [6.07, 6.45) is 2.00. The monoisotopic (exact) mass is 340 g/mol. The highest BCUT2D eigenvalue weighted by atomic mass is 15.3. The first-order valence-electron chi connectivity index (χ1n) is 9.13. The summed E-state index contributed by atoms with van der Waals surface area (Å²) in [5.41, 5.74) is 7.55. The minimum atomic E-state index is 0.0969. The van der Waals surface area contributed by atoms with E-state index >= 15 is 0 Å². The topological polar surface area (TPSA) is 15.6 Å². The van der Waals surface area contributed by atoms with Crippen molar-refractivity contribution in [2.45, 2.75) is 32.9 Å². The maximum Gasteiger partial charge on any atom is 0.102 e. The SMILES string of the molecule is Cc1ccc([C@H]2N=CN(c3ccc(C)cc3)[C@H]2c2ccc(C)cc2)cc1. The van der Waals surface area contributed by atoms with Gasteiger partial charge < -0.3 is 4.90 Å². The van der Waals surface area contributed by atoms with E-state index in [0.717, 1.165) is 0 Å². The molecule has 1 aliphatic rings. The Hall–Kier alpha value is -2.87. The predicted octanol–water partition coefficient (Wildman–Crippen LogP) is 5.94. The Balaban J connectivity index is 1.77. The zero-order chi connectivity index (χ0) is 18.1. The zero-order valence-corrected chi connectivity index (χ0v) is 15.6. The van der Waals surface area contributed by atoms with Crippen LogP contribution in [0, 0.1) is 20.8 Å². The van der Waals surface area contributed by atoms with Crippen LogP contribution in [0.5, 0.6) is 0 Å². The van der Waals surface area contributed by atoms with E-state index in [4.69, 9.17) is 4.99 Å². The van der Waals surface area contributed by atoms with Crippen molar-refractivity contribution in [1.82, 2.24) is 0 Å². The van der Waals surface area contributed by atoms with Gasteiger partial charge in [0, 0.05) is 5.69 Å². The molecule has 0 spiro atoms. The first kappa shape index (κ1) is 16.6. The van der Waals surface area contributed by atoms with Gasteiger partial charge in [0.15, 0.2) is 0 Å². The standard InChI is InChI=1S/C24H24N2/c1-17-4-10-20(11-5-17)23-24(21-12-6-18(2)7-13-21)26(16-25-23)22-14-8-19(3)9-15-22/h4-16,23-24H,1-3H3/t23-,24+/m1/s1. The molecule has 0 fully saturated rings. The summed E-state index contributed by atoms with van der Waals surface area (Å²) in [5.74, 6) is 0. The average Bonchev–Trinajstić information content (AvgIpc) is 3.08. The maximum absolute atomic E-state index is 4.90. The highest BCUT2D eigenvalue weighted by Crippen LogP contribution is 2.42. The third-order valence-corrected chi connectivity index (χ3v) is 5.12. The number of anilines is 1. The van der Waals surface area contributed by atoms with Crippen molar-refractivity contribution in [3.63, 3.8) is 0 Å². The molecule has 4 rings (SSSR count). The van der Waals surface area contributed by atoms with Gasteiger partial charge in [-0.05, 0) is 44.0 Å². The van der Waals surface area contributed by atoms with Crippen molar-refractivity contribution in [1.29, 1.82) is 0 Å². The normalized spacial score (nSPS) is 19.1. The van der Waals surface area contributed by atoms with Crippen molar-refractivity contribution in [2.75, 3.05) is 4.90 Å². The lowest BCUT2D eigenvalue weighted by molar-refractivity contribution is 0.611. The van der Waals surface area contributed by atoms with E-state index in [1.54, 1.807) is 0 Å². The number of aryl methyl sites for hydroxylation is 3. The molecule has 3 aromatic carbocycles. The zero-order valence-electron chi connectivity index (χ0n) is 15.6. The molecule has 0 bridgehead atoms. The van der Waals surface area contributed by atoms with Gasteiger partial charge in [-0.15, -0.1) is 0 Å². The first-order valence-corrected chi connectivity index (χ1v) is 9.13. The lowest BCUT2D eigenvalue weighted by Crippen LogP contribution is -2.25. The number of hydrogen-bond donors (Lipinski definition) is 0. The van der Waals surface area contributed by atoms with Gasteiger partial charge in [0.2, 0.25) is 0 Å². The van der Waals surface area contributed by atoms with Gasteiger partial charge in [0.1, 0.15) is 6.04 Å². The Bertz CT molecular complexity index is 850. The van der Waals surface area contributed by atoms with E-state index < -0.39 is 0 Å². The highest BCUT2D eigenvalue weighted by Gasteiger charge is 2.34. The fraction of sp³-hybridized carbons (Fsp3) is 0.208. The van der Waals surface area contributed by atoms with Gasteiger partial charge in [0.25, 0.3) is 0 Å². The number of hydrogen-bond acceptors (Lipinski definition) is 2. The lowest BCUT2D eigenvalue weighted by Gasteiger charge is -2.29. The Morgan fingerprint density at radius 1 is 0.615 bits per heavy atom. The van der Waals surface area contributed by atoms with Crippen LogP contribution in [0.3, 0.4) is 0 Å². The second-order valence-electron chi connectivity index (χ2n) is 7.22. The van der Waals surface area contributed by atoms with Crippen LogP contribution < -0.4 is 4.90 Å². The average molecular weight is 340 g/mol. The second-order valence-corrected chi connectivity index (χ2v) is 7.22. The van der Waals surface area contributed by atoms with Crippen LogP contribution in [-0.2, 0) is 0 Å². The summed E-state index contributed by atoms with van der Waals surface area (Å²) < 4.78 is 0. The van der Waals surface area contributed by atoms with Gasteiger partial charge in [0.05, 0.1) is 12.4 Å². The van der Waals surface area contributed by atoms with Crippen molar-refractivity contribution < 1.29 is 0 Å². The second kappa shape index (κ2) is 6.80. The Kier molecular flexibility index (Phi) is 4.34. The molecule has 1 aliphatic heterocycles. The molecular weight excluding hydrogens is 316 g/mol. The first-order chi connectivity index (χ1) is 12.6.